The number of rotatable bonds is 1. The van der Waals surface area contributed by atoms with Crippen LogP contribution in [0.2, 0.25) is 0 Å². The van der Waals surface area contributed by atoms with Crippen LogP contribution < -0.4 is 0 Å². The lowest BCUT2D eigenvalue weighted by Gasteiger charge is -2.69. The van der Waals surface area contributed by atoms with Gasteiger partial charge in [-0.2, -0.15) is 0 Å². The number of allylic oxidation sites excluding steroid dienone is 3. The summed E-state index contributed by atoms with van der Waals surface area (Å²) in [5.41, 5.74) is 5.33. The van der Waals surface area contributed by atoms with Crippen molar-refractivity contribution < 1.29 is 0 Å². The van der Waals surface area contributed by atoms with Crippen molar-refractivity contribution >= 4 is 0 Å². The van der Waals surface area contributed by atoms with Crippen LogP contribution in [0, 0.1) is 45.3 Å². The van der Waals surface area contributed by atoms with Crippen molar-refractivity contribution in [3.63, 3.8) is 0 Å². The van der Waals surface area contributed by atoms with E-state index in [1.165, 1.54) is 51.4 Å². The van der Waals surface area contributed by atoms with E-state index >= 15 is 0 Å². The van der Waals surface area contributed by atoms with Crippen molar-refractivity contribution in [2.24, 2.45) is 45.3 Å². The van der Waals surface area contributed by atoms with Crippen LogP contribution in [0.5, 0.6) is 0 Å². The molecule has 4 saturated carbocycles. The van der Waals surface area contributed by atoms with Crippen LogP contribution in [0.25, 0.3) is 0 Å². The molecule has 4 fully saturated rings. The summed E-state index contributed by atoms with van der Waals surface area (Å²) < 4.78 is 0. The van der Waals surface area contributed by atoms with E-state index in [1.54, 1.807) is 11.1 Å². The van der Waals surface area contributed by atoms with E-state index in [2.05, 4.69) is 61.1 Å². The molecule has 0 spiro atoms. The molecule has 0 radical (unpaired) electrons. The van der Waals surface area contributed by atoms with E-state index in [-0.39, 0.29) is 0 Å². The molecular weight excluding hydrogens is 324 g/mol. The highest BCUT2D eigenvalue weighted by atomic mass is 14.7. The highest BCUT2D eigenvalue weighted by molar-refractivity contribution is 5.27. The molecule has 0 bridgehead atoms. The maximum absolute atomic E-state index is 4.21. The van der Waals surface area contributed by atoms with Crippen molar-refractivity contribution in [3.8, 4) is 0 Å². The molecule has 4 aliphatic rings. The summed E-state index contributed by atoms with van der Waals surface area (Å²) >= 11 is 0. The molecule has 0 amide bonds. The molecule has 0 heterocycles. The van der Waals surface area contributed by atoms with Crippen molar-refractivity contribution in [1.29, 1.82) is 0 Å². The molecule has 0 aromatic rings. The van der Waals surface area contributed by atoms with Crippen LogP contribution >= 0.6 is 0 Å². The monoisotopic (exact) mass is 368 g/mol. The predicted molar refractivity (Wildman–Crippen MR) is 118 cm³/mol. The Morgan fingerprint density at radius 1 is 0.852 bits per heavy atom. The highest BCUT2D eigenvalue weighted by Gasteiger charge is 2.67. The average Bonchev–Trinajstić information content (AvgIpc) is 2.91. The quantitative estimate of drug-likeness (QED) is 0.409. The lowest BCUT2D eigenvalue weighted by Crippen LogP contribution is -2.62. The van der Waals surface area contributed by atoms with Gasteiger partial charge >= 0.3 is 0 Å². The minimum Gasteiger partial charge on any atom is -0.103 e. The molecule has 0 aromatic heterocycles. The van der Waals surface area contributed by atoms with Crippen LogP contribution in [0.15, 0.2) is 23.8 Å². The topological polar surface area (TPSA) is 0 Å². The minimum absolute atomic E-state index is 0.379. The summed E-state index contributed by atoms with van der Waals surface area (Å²) in [5.74, 6) is 3.43. The van der Waals surface area contributed by atoms with Crippen molar-refractivity contribution in [2.45, 2.75) is 99.8 Å². The first-order valence-corrected chi connectivity index (χ1v) is 11.8. The second-order valence-electron chi connectivity index (χ2n) is 12.3. The molecule has 0 saturated heterocycles. The molecule has 4 aliphatic carbocycles. The molecule has 4 rings (SSSR count). The molecule has 0 nitrogen and oxygen atoms in total. The van der Waals surface area contributed by atoms with Crippen molar-refractivity contribution in [1.82, 2.24) is 0 Å². The zero-order valence-electron chi connectivity index (χ0n) is 19.3. The minimum atomic E-state index is 0.379. The molecule has 0 N–H and O–H groups in total. The van der Waals surface area contributed by atoms with E-state index in [0.29, 0.717) is 21.7 Å². The van der Waals surface area contributed by atoms with Crippen molar-refractivity contribution in [3.05, 3.63) is 23.8 Å². The fraction of sp³-hybridized carbons (Fsp3) is 0.852. The van der Waals surface area contributed by atoms with Crippen LogP contribution in [-0.4, -0.2) is 0 Å². The van der Waals surface area contributed by atoms with Crippen LogP contribution in [-0.2, 0) is 0 Å². The standard InChI is InChI=1S/C27H44/c1-9-19-12-16-26(7)21(19)10-11-23-25(6)15-13-20(18(2)3)24(4,5)22(25)14-17-27(23,26)8/h9,19,21-23H,1,10-17H2,2-8H3/t19-,21+,22-,23+,25-,26+,27+/m0/s1. The SMILES string of the molecule is C=C[C@H]1CC[C@]2(C)[C@@H]1CC[C@@H]1[C@@]3(C)CCC(=C(C)C)C(C)(C)[C@@H]3CC[C@]12C. The summed E-state index contributed by atoms with van der Waals surface area (Å²) in [5, 5.41) is 0. The Labute approximate surface area is 169 Å². The molecule has 0 aromatic carbocycles. The van der Waals surface area contributed by atoms with Crippen LogP contribution in [0.4, 0.5) is 0 Å². The first kappa shape index (κ1) is 19.8. The van der Waals surface area contributed by atoms with E-state index < -0.39 is 0 Å². The molecule has 0 unspecified atom stereocenters. The lowest BCUT2D eigenvalue weighted by molar-refractivity contribution is -0.193. The zero-order chi connectivity index (χ0) is 19.8. The van der Waals surface area contributed by atoms with E-state index in [1.807, 2.05) is 0 Å². The summed E-state index contributed by atoms with van der Waals surface area (Å²) in [4.78, 5) is 0. The third kappa shape index (κ3) is 2.34. The average molecular weight is 369 g/mol. The third-order valence-corrected chi connectivity index (χ3v) is 11.2. The van der Waals surface area contributed by atoms with Gasteiger partial charge in [-0.15, -0.1) is 6.58 Å². The van der Waals surface area contributed by atoms with Gasteiger partial charge in [0.05, 0.1) is 0 Å². The summed E-state index contributed by atoms with van der Waals surface area (Å²) in [6.45, 7) is 22.2. The molecule has 152 valence electrons. The summed E-state index contributed by atoms with van der Waals surface area (Å²) in [6.07, 6.45) is 13.7. The second-order valence-corrected chi connectivity index (χ2v) is 12.3. The van der Waals surface area contributed by atoms with Crippen LogP contribution in [0.3, 0.4) is 0 Å². The lowest BCUT2D eigenvalue weighted by atomic mass is 9.35. The molecule has 27 heavy (non-hydrogen) atoms. The Morgan fingerprint density at radius 2 is 1.52 bits per heavy atom. The van der Waals surface area contributed by atoms with Crippen LogP contribution in [0.1, 0.15) is 99.8 Å². The summed E-state index contributed by atoms with van der Waals surface area (Å²) in [7, 11) is 0. The van der Waals surface area contributed by atoms with E-state index in [9.17, 15) is 0 Å². The molecule has 0 aliphatic heterocycles. The number of hydrogen-bond acceptors (Lipinski definition) is 0. The largest absolute Gasteiger partial charge is 0.103 e. The second kappa shape index (κ2) is 5.99. The van der Waals surface area contributed by atoms with Gasteiger partial charge in [-0.1, -0.05) is 51.8 Å². The van der Waals surface area contributed by atoms with Gasteiger partial charge in [0.1, 0.15) is 0 Å². The van der Waals surface area contributed by atoms with Gasteiger partial charge in [0.2, 0.25) is 0 Å². The first-order valence-electron chi connectivity index (χ1n) is 11.8. The fourth-order valence-electron chi connectivity index (χ4n) is 9.80. The smallest absolute Gasteiger partial charge is 0.0109 e. The summed E-state index contributed by atoms with van der Waals surface area (Å²) in [6, 6.07) is 0. The van der Waals surface area contributed by atoms with E-state index in [4.69, 9.17) is 0 Å². The van der Waals surface area contributed by atoms with Gasteiger partial charge in [0.25, 0.3) is 0 Å². The Morgan fingerprint density at radius 3 is 2.15 bits per heavy atom. The Kier molecular flexibility index (Phi) is 4.39. The maximum Gasteiger partial charge on any atom is -0.0109 e. The third-order valence-electron chi connectivity index (χ3n) is 11.2. The molecular formula is C27H44. The number of fused-ring (bicyclic) bond motifs is 5. The van der Waals surface area contributed by atoms with Gasteiger partial charge < -0.3 is 0 Å². The van der Waals surface area contributed by atoms with Gasteiger partial charge in [-0.3, -0.25) is 0 Å². The van der Waals surface area contributed by atoms with E-state index in [0.717, 1.165) is 23.7 Å². The van der Waals surface area contributed by atoms with Gasteiger partial charge in [-0.25, -0.2) is 0 Å². The Bertz CT molecular complexity index is 662. The normalized spacial score (nSPS) is 51.1. The Balaban J connectivity index is 1.75. The maximum atomic E-state index is 4.21. The highest BCUT2D eigenvalue weighted by Crippen LogP contribution is 2.75. The Hall–Kier alpha value is -0.520. The molecule has 0 heteroatoms. The van der Waals surface area contributed by atoms with Gasteiger partial charge in [-0.05, 0) is 111 Å². The zero-order valence-corrected chi connectivity index (χ0v) is 19.3. The molecule has 7 atom stereocenters. The first-order chi connectivity index (χ1) is 12.5. The van der Waals surface area contributed by atoms with Gasteiger partial charge in [0.15, 0.2) is 0 Å². The predicted octanol–water partition coefficient (Wildman–Crippen LogP) is 8.19. The number of hydrogen-bond donors (Lipinski definition) is 0. The fourth-order valence-corrected chi connectivity index (χ4v) is 9.80. The van der Waals surface area contributed by atoms with Crippen molar-refractivity contribution in [2.75, 3.05) is 0 Å². The van der Waals surface area contributed by atoms with Gasteiger partial charge in [0, 0.05) is 0 Å².